The number of nitrogens with zero attached hydrogens (tertiary/aromatic N) is 4. The number of pyridine rings is 1. The van der Waals surface area contributed by atoms with E-state index in [0.717, 1.165) is 70.6 Å². The molecule has 10 rings (SSSR count). The van der Waals surface area contributed by atoms with Gasteiger partial charge in [0.25, 0.3) is 0 Å². The van der Waals surface area contributed by atoms with Gasteiger partial charge in [0.1, 0.15) is 12.0 Å². The van der Waals surface area contributed by atoms with Crippen molar-refractivity contribution in [2.75, 3.05) is 0 Å². The topological polar surface area (TPSA) is 60.2 Å². The van der Waals surface area contributed by atoms with Crippen LogP contribution < -0.4 is 15.9 Å². The normalized spacial score (nSPS) is 13.4. The van der Waals surface area contributed by atoms with Crippen LogP contribution in [0.3, 0.4) is 0 Å². The Balaban J connectivity index is 1.30. The van der Waals surface area contributed by atoms with Crippen LogP contribution in [-0.2, 0) is 4.57 Å². The third kappa shape index (κ3) is 3.78. The van der Waals surface area contributed by atoms with Gasteiger partial charge in [-0.1, -0.05) is 103 Å². The van der Waals surface area contributed by atoms with Gasteiger partial charge in [0.05, 0.1) is 22.1 Å². The highest BCUT2D eigenvalue weighted by Gasteiger charge is 2.30. The van der Waals surface area contributed by atoms with Crippen molar-refractivity contribution >= 4 is 93.9 Å². The molecule has 10 aromatic rings. The summed E-state index contributed by atoms with van der Waals surface area (Å²) in [6.45, 7) is 0. The maximum absolute atomic E-state index is 15.5. The van der Waals surface area contributed by atoms with Crippen molar-refractivity contribution in [1.82, 2.24) is 19.4 Å². The highest BCUT2D eigenvalue weighted by atomic mass is 31.2. The highest BCUT2D eigenvalue weighted by Crippen LogP contribution is 2.45. The first-order valence-corrected chi connectivity index (χ1v) is 17.3. The van der Waals surface area contributed by atoms with Gasteiger partial charge in [0, 0.05) is 38.3 Å². The fourth-order valence-corrected chi connectivity index (χ4v) is 9.97. The van der Waals surface area contributed by atoms with Gasteiger partial charge in [-0.2, -0.15) is 0 Å². The predicted octanol–water partition coefficient (Wildman–Crippen LogP) is 8.68. The van der Waals surface area contributed by atoms with Gasteiger partial charge in [-0.15, -0.1) is 0 Å². The zero-order valence-corrected chi connectivity index (χ0v) is 26.0. The van der Waals surface area contributed by atoms with E-state index in [0.29, 0.717) is 0 Å². The third-order valence-electron chi connectivity index (χ3n) is 9.52. The molecule has 0 amide bonds. The van der Waals surface area contributed by atoms with Gasteiger partial charge in [0.15, 0.2) is 7.14 Å². The molecule has 220 valence electrons. The zero-order valence-electron chi connectivity index (χ0n) is 25.1. The van der Waals surface area contributed by atoms with Crippen LogP contribution in [0.15, 0.2) is 152 Å². The number of rotatable bonds is 3. The molecule has 0 spiro atoms. The molecular weight excluding hydrogens is 595 g/mol. The Kier molecular flexibility index (Phi) is 5.49. The van der Waals surface area contributed by atoms with Gasteiger partial charge >= 0.3 is 0 Å². The van der Waals surface area contributed by atoms with E-state index in [2.05, 4.69) is 93.2 Å². The molecule has 0 fully saturated rings. The van der Waals surface area contributed by atoms with Crippen LogP contribution in [0.5, 0.6) is 0 Å². The number of hydrogen-bond acceptors (Lipinski definition) is 4. The maximum atomic E-state index is 15.5. The van der Waals surface area contributed by atoms with Crippen molar-refractivity contribution in [3.8, 4) is 0 Å². The van der Waals surface area contributed by atoms with E-state index >= 15 is 4.57 Å². The molecule has 0 saturated carbocycles. The summed E-state index contributed by atoms with van der Waals surface area (Å²) >= 11 is 0. The summed E-state index contributed by atoms with van der Waals surface area (Å²) < 4.78 is 17.8. The lowest BCUT2D eigenvalue weighted by Crippen LogP contribution is -2.25. The van der Waals surface area contributed by atoms with E-state index in [1.54, 1.807) is 6.20 Å². The summed E-state index contributed by atoms with van der Waals surface area (Å²) in [4.78, 5) is 13.9. The van der Waals surface area contributed by atoms with Crippen LogP contribution in [0.25, 0.3) is 70.8 Å². The second kappa shape index (κ2) is 9.80. The minimum absolute atomic E-state index is 0.745. The summed E-state index contributed by atoms with van der Waals surface area (Å²) in [6, 6.07) is 47.8. The Hall–Kier alpha value is -5.90. The second-order valence-corrected chi connectivity index (χ2v) is 14.8. The molecule has 0 saturated heterocycles. The molecule has 6 heteroatoms. The summed E-state index contributed by atoms with van der Waals surface area (Å²) in [5.41, 5.74) is 4.85. The van der Waals surface area contributed by atoms with Gasteiger partial charge < -0.3 is 4.57 Å². The number of para-hydroxylation sites is 2. The molecule has 1 unspecified atom stereocenters. The molecular formula is C41H25N4OP. The minimum Gasteiger partial charge on any atom is -0.309 e. The quantitative estimate of drug-likeness (QED) is 0.113. The molecule has 3 heterocycles. The van der Waals surface area contributed by atoms with E-state index in [1.807, 2.05) is 60.7 Å². The largest absolute Gasteiger partial charge is 0.309 e. The van der Waals surface area contributed by atoms with Crippen LogP contribution in [-0.4, -0.2) is 19.4 Å². The Morgan fingerprint density at radius 2 is 1.23 bits per heavy atom. The van der Waals surface area contributed by atoms with Crippen LogP contribution >= 0.6 is 7.14 Å². The lowest BCUT2D eigenvalue weighted by Gasteiger charge is -2.21. The predicted molar refractivity (Wildman–Crippen MR) is 195 cm³/mol. The van der Waals surface area contributed by atoms with Crippen molar-refractivity contribution in [3.05, 3.63) is 152 Å². The standard InChI is InChI=1S/C41H25N4OP/c46-47(30-10-2-1-3-11-30,32-16-14-29-24-42-25-43-37(29)23-32)31-17-19-33-28(20-31)15-18-34-35-21-26-8-4-5-9-27(26)22-39(35)45-38-13-7-6-12-36(38)44-41(45)40(33)34/h1-25H. The van der Waals surface area contributed by atoms with Crippen molar-refractivity contribution in [2.45, 2.75) is 0 Å². The lowest BCUT2D eigenvalue weighted by atomic mass is 9.98. The monoisotopic (exact) mass is 620 g/mol. The average molecular weight is 621 g/mol. The molecule has 47 heavy (non-hydrogen) atoms. The molecule has 5 nitrogen and oxygen atoms in total. The molecule has 0 radical (unpaired) electrons. The van der Waals surface area contributed by atoms with Crippen LogP contribution in [0.4, 0.5) is 0 Å². The summed E-state index contributed by atoms with van der Waals surface area (Å²) in [6.07, 6.45) is 3.32. The smallest absolute Gasteiger partial charge is 0.171 e. The van der Waals surface area contributed by atoms with Gasteiger partial charge in [0.2, 0.25) is 0 Å². The van der Waals surface area contributed by atoms with Crippen LogP contribution in [0.1, 0.15) is 0 Å². The molecule has 1 atom stereocenters. The first kappa shape index (κ1) is 26.3. The number of benzene rings is 7. The number of hydrogen-bond donors (Lipinski definition) is 0. The van der Waals surface area contributed by atoms with E-state index in [1.165, 1.54) is 22.5 Å². The Labute approximate surface area is 269 Å². The first-order chi connectivity index (χ1) is 23.2. The maximum Gasteiger partial charge on any atom is 0.171 e. The van der Waals surface area contributed by atoms with Crippen LogP contribution in [0.2, 0.25) is 0 Å². The van der Waals surface area contributed by atoms with Gasteiger partial charge in [-0.25, -0.2) is 15.0 Å². The molecule has 3 aromatic heterocycles. The molecule has 7 aromatic carbocycles. The van der Waals surface area contributed by atoms with E-state index in [4.69, 9.17) is 4.98 Å². The molecule has 0 aliphatic heterocycles. The fourth-order valence-electron chi connectivity index (χ4n) is 7.29. The third-order valence-corrected chi connectivity index (χ3v) is 12.6. The highest BCUT2D eigenvalue weighted by molar-refractivity contribution is 7.85. The first-order valence-electron chi connectivity index (χ1n) is 15.6. The molecule has 0 aliphatic carbocycles. The Morgan fingerprint density at radius 1 is 0.511 bits per heavy atom. The van der Waals surface area contributed by atoms with E-state index in [-0.39, 0.29) is 0 Å². The zero-order chi connectivity index (χ0) is 31.1. The lowest BCUT2D eigenvalue weighted by molar-refractivity contribution is 0.592. The van der Waals surface area contributed by atoms with Crippen molar-refractivity contribution in [3.63, 3.8) is 0 Å². The minimum atomic E-state index is -3.26. The van der Waals surface area contributed by atoms with Crippen molar-refractivity contribution in [1.29, 1.82) is 0 Å². The Morgan fingerprint density at radius 3 is 2.13 bits per heavy atom. The van der Waals surface area contributed by atoms with Gasteiger partial charge in [-0.3, -0.25) is 4.40 Å². The van der Waals surface area contributed by atoms with Gasteiger partial charge in [-0.05, 0) is 63.3 Å². The van der Waals surface area contributed by atoms with Crippen LogP contribution in [0, 0.1) is 0 Å². The number of fused-ring (bicyclic) bond motifs is 12. The van der Waals surface area contributed by atoms with Crippen molar-refractivity contribution in [2.24, 2.45) is 0 Å². The number of imidazole rings is 1. The number of aromatic nitrogens is 4. The van der Waals surface area contributed by atoms with Crippen molar-refractivity contribution < 1.29 is 4.57 Å². The fraction of sp³-hybridized carbons (Fsp3) is 0. The summed E-state index contributed by atoms with van der Waals surface area (Å²) in [7, 11) is -3.26. The van der Waals surface area contributed by atoms with E-state index in [9.17, 15) is 0 Å². The molecule has 0 N–H and O–H groups in total. The summed E-state index contributed by atoms with van der Waals surface area (Å²) in [5, 5.41) is 11.1. The van der Waals surface area contributed by atoms with E-state index < -0.39 is 7.14 Å². The SMILES string of the molecule is O=P(c1ccccc1)(c1ccc2c(ccc3c4cc5ccccc5cc4n4c5ccccc5nc4c23)c1)c1ccc2cncnc2c1. The molecule has 0 bridgehead atoms. The molecule has 0 aliphatic rings. The Bertz CT molecular complexity index is 2950. The summed E-state index contributed by atoms with van der Waals surface area (Å²) in [5.74, 6) is 0. The average Bonchev–Trinajstić information content (AvgIpc) is 3.53. The second-order valence-electron chi connectivity index (χ2n) is 12.1.